The molecule has 0 aromatic heterocycles. The van der Waals surface area contributed by atoms with E-state index in [0.29, 0.717) is 24.3 Å². The van der Waals surface area contributed by atoms with E-state index in [1.165, 1.54) is 0 Å². The molecule has 6 heteroatoms. The molecule has 24 heavy (non-hydrogen) atoms. The van der Waals surface area contributed by atoms with Crippen LogP contribution in [0.15, 0.2) is 24.3 Å². The lowest BCUT2D eigenvalue weighted by atomic mass is 10.0. The van der Waals surface area contributed by atoms with Gasteiger partial charge in [0.15, 0.2) is 0 Å². The van der Waals surface area contributed by atoms with Gasteiger partial charge < -0.3 is 20.7 Å². The molecule has 0 saturated carbocycles. The van der Waals surface area contributed by atoms with E-state index in [1.807, 2.05) is 27.7 Å². The zero-order valence-electron chi connectivity index (χ0n) is 14.8. The van der Waals surface area contributed by atoms with Crippen LogP contribution in [-0.2, 0) is 9.53 Å². The van der Waals surface area contributed by atoms with Gasteiger partial charge in [0.05, 0.1) is 18.2 Å². The van der Waals surface area contributed by atoms with Gasteiger partial charge in [-0.05, 0) is 44.0 Å². The Morgan fingerprint density at radius 3 is 2.21 bits per heavy atom. The number of carbonyl (C=O) groups excluding carboxylic acids is 2. The average molecular weight is 333 g/mol. The number of anilines is 1. The second kappa shape index (κ2) is 7.77. The fourth-order valence-electron chi connectivity index (χ4n) is 2.75. The quantitative estimate of drug-likeness (QED) is 0.881. The van der Waals surface area contributed by atoms with E-state index in [0.717, 1.165) is 0 Å². The van der Waals surface area contributed by atoms with E-state index < -0.39 is 6.04 Å². The third-order valence-electron chi connectivity index (χ3n) is 4.13. The molecule has 0 spiro atoms. The van der Waals surface area contributed by atoms with Gasteiger partial charge >= 0.3 is 0 Å². The third kappa shape index (κ3) is 4.55. The van der Waals surface area contributed by atoms with Crippen molar-refractivity contribution in [2.45, 2.75) is 45.9 Å². The maximum atomic E-state index is 12.6. The zero-order chi connectivity index (χ0) is 17.9. The summed E-state index contributed by atoms with van der Waals surface area (Å²) in [4.78, 5) is 26.4. The van der Waals surface area contributed by atoms with E-state index in [2.05, 4.69) is 5.32 Å². The first-order valence-electron chi connectivity index (χ1n) is 8.39. The van der Waals surface area contributed by atoms with Crippen molar-refractivity contribution in [1.82, 2.24) is 4.90 Å². The van der Waals surface area contributed by atoms with Gasteiger partial charge in [-0.3, -0.25) is 9.59 Å². The first-order chi connectivity index (χ1) is 11.3. The molecule has 2 unspecified atom stereocenters. The highest BCUT2D eigenvalue weighted by atomic mass is 16.5. The van der Waals surface area contributed by atoms with Crippen LogP contribution in [0.25, 0.3) is 0 Å². The lowest BCUT2D eigenvalue weighted by molar-refractivity contribution is -0.118. The summed E-state index contributed by atoms with van der Waals surface area (Å²) in [6.45, 7) is 8.90. The second-order valence-corrected chi connectivity index (χ2v) is 6.80. The molecule has 1 aliphatic rings. The predicted octanol–water partition coefficient (Wildman–Crippen LogP) is 1.86. The highest BCUT2D eigenvalue weighted by Crippen LogP contribution is 2.16. The van der Waals surface area contributed by atoms with Crippen molar-refractivity contribution < 1.29 is 14.3 Å². The topological polar surface area (TPSA) is 84.7 Å². The van der Waals surface area contributed by atoms with E-state index in [1.54, 1.807) is 29.2 Å². The SMILES string of the molecule is CC1CN(C(=O)c2ccc(NC(=O)[C@@H](N)C(C)C)cc2)CC(C)O1. The molecule has 3 N–H and O–H groups in total. The summed E-state index contributed by atoms with van der Waals surface area (Å²) in [5, 5.41) is 2.77. The summed E-state index contributed by atoms with van der Waals surface area (Å²) >= 11 is 0. The molecule has 6 nitrogen and oxygen atoms in total. The van der Waals surface area contributed by atoms with Crippen LogP contribution in [0.1, 0.15) is 38.1 Å². The van der Waals surface area contributed by atoms with Gasteiger partial charge in [0.25, 0.3) is 5.91 Å². The van der Waals surface area contributed by atoms with Crippen molar-refractivity contribution in [3.05, 3.63) is 29.8 Å². The van der Waals surface area contributed by atoms with Crippen LogP contribution in [0.3, 0.4) is 0 Å². The number of hydrogen-bond acceptors (Lipinski definition) is 4. The molecule has 0 bridgehead atoms. The van der Waals surface area contributed by atoms with Crippen LogP contribution in [0.2, 0.25) is 0 Å². The Labute approximate surface area is 143 Å². The lowest BCUT2D eigenvalue weighted by Gasteiger charge is -2.35. The fraction of sp³-hybridized carbons (Fsp3) is 0.556. The highest BCUT2D eigenvalue weighted by molar-refractivity contribution is 5.97. The molecule has 2 amide bonds. The summed E-state index contributed by atoms with van der Waals surface area (Å²) in [5.41, 5.74) is 7.06. The number of amides is 2. The van der Waals surface area contributed by atoms with E-state index in [4.69, 9.17) is 10.5 Å². The van der Waals surface area contributed by atoms with E-state index >= 15 is 0 Å². The van der Waals surface area contributed by atoms with Gasteiger partial charge in [-0.25, -0.2) is 0 Å². The molecule has 0 aliphatic carbocycles. The van der Waals surface area contributed by atoms with Gasteiger partial charge in [-0.15, -0.1) is 0 Å². The molecule has 1 fully saturated rings. The van der Waals surface area contributed by atoms with Crippen molar-refractivity contribution >= 4 is 17.5 Å². The first-order valence-corrected chi connectivity index (χ1v) is 8.39. The zero-order valence-corrected chi connectivity index (χ0v) is 14.8. The number of morpholine rings is 1. The predicted molar refractivity (Wildman–Crippen MR) is 93.8 cm³/mol. The van der Waals surface area contributed by atoms with Crippen molar-refractivity contribution in [2.75, 3.05) is 18.4 Å². The Morgan fingerprint density at radius 2 is 1.71 bits per heavy atom. The summed E-state index contributed by atoms with van der Waals surface area (Å²) in [7, 11) is 0. The van der Waals surface area contributed by atoms with Gasteiger partial charge in [0, 0.05) is 24.3 Å². The Bertz CT molecular complexity index is 576. The number of rotatable bonds is 4. The van der Waals surface area contributed by atoms with Crippen LogP contribution >= 0.6 is 0 Å². The Hall–Kier alpha value is -1.92. The molecule has 3 atom stereocenters. The Morgan fingerprint density at radius 1 is 1.17 bits per heavy atom. The monoisotopic (exact) mass is 333 g/mol. The van der Waals surface area contributed by atoms with Crippen molar-refractivity contribution in [3.8, 4) is 0 Å². The van der Waals surface area contributed by atoms with Crippen LogP contribution in [-0.4, -0.2) is 48.1 Å². The minimum Gasteiger partial charge on any atom is -0.372 e. The number of ether oxygens (including phenoxy) is 1. The second-order valence-electron chi connectivity index (χ2n) is 6.80. The van der Waals surface area contributed by atoms with Gasteiger partial charge in [-0.2, -0.15) is 0 Å². The summed E-state index contributed by atoms with van der Waals surface area (Å²) in [6.07, 6.45) is 0.0718. The number of nitrogens with two attached hydrogens (primary N) is 1. The van der Waals surface area contributed by atoms with Crippen LogP contribution < -0.4 is 11.1 Å². The molecule has 1 aromatic carbocycles. The van der Waals surface area contributed by atoms with Gasteiger partial charge in [0.2, 0.25) is 5.91 Å². The summed E-state index contributed by atoms with van der Waals surface area (Å²) in [6, 6.07) is 6.35. The molecule has 132 valence electrons. The van der Waals surface area contributed by atoms with E-state index in [9.17, 15) is 9.59 Å². The third-order valence-corrected chi connectivity index (χ3v) is 4.13. The molecule has 1 saturated heterocycles. The van der Waals surface area contributed by atoms with Gasteiger partial charge in [-0.1, -0.05) is 13.8 Å². The minimum atomic E-state index is -0.553. The number of nitrogens with zero attached hydrogens (tertiary/aromatic N) is 1. The van der Waals surface area contributed by atoms with Gasteiger partial charge in [0.1, 0.15) is 0 Å². The molecule has 1 aliphatic heterocycles. The Kier molecular flexibility index (Phi) is 5.96. The highest BCUT2D eigenvalue weighted by Gasteiger charge is 2.26. The van der Waals surface area contributed by atoms with Crippen molar-refractivity contribution in [3.63, 3.8) is 0 Å². The normalized spacial score (nSPS) is 22.3. The molecule has 2 rings (SSSR count). The summed E-state index contributed by atoms with van der Waals surface area (Å²) < 4.78 is 5.65. The molecular weight excluding hydrogens is 306 g/mol. The number of hydrogen-bond donors (Lipinski definition) is 2. The number of nitrogens with one attached hydrogen (secondary N) is 1. The maximum absolute atomic E-state index is 12.6. The van der Waals surface area contributed by atoms with Crippen molar-refractivity contribution in [2.24, 2.45) is 11.7 Å². The molecule has 1 heterocycles. The summed E-state index contributed by atoms with van der Waals surface area (Å²) in [5.74, 6) is -0.176. The average Bonchev–Trinajstić information content (AvgIpc) is 2.53. The molecular formula is C18H27N3O3. The smallest absolute Gasteiger partial charge is 0.254 e. The number of benzene rings is 1. The van der Waals surface area contributed by atoms with Crippen LogP contribution in [0.5, 0.6) is 0 Å². The van der Waals surface area contributed by atoms with Crippen LogP contribution in [0, 0.1) is 5.92 Å². The standard InChI is InChI=1S/C18H27N3O3/c1-11(2)16(19)17(22)20-15-7-5-14(6-8-15)18(23)21-9-12(3)24-13(4)10-21/h5-8,11-13,16H,9-10,19H2,1-4H3,(H,20,22)/t12?,13?,16-/m0/s1. The molecule has 1 aromatic rings. The fourth-order valence-corrected chi connectivity index (χ4v) is 2.75. The Balaban J connectivity index is 2.01. The maximum Gasteiger partial charge on any atom is 0.254 e. The van der Waals surface area contributed by atoms with E-state index in [-0.39, 0.29) is 29.9 Å². The van der Waals surface area contributed by atoms with Crippen LogP contribution in [0.4, 0.5) is 5.69 Å². The minimum absolute atomic E-state index is 0.0197. The number of carbonyl (C=O) groups is 2. The first kappa shape index (κ1) is 18.4. The molecule has 0 radical (unpaired) electrons. The van der Waals surface area contributed by atoms with Crippen molar-refractivity contribution in [1.29, 1.82) is 0 Å². The largest absolute Gasteiger partial charge is 0.372 e. The lowest BCUT2D eigenvalue weighted by Crippen LogP contribution is -2.48.